The molecule has 0 amide bonds. The zero-order valence-electron chi connectivity index (χ0n) is 9.10. The Morgan fingerprint density at radius 3 is 2.75 bits per heavy atom. The van der Waals surface area contributed by atoms with Gasteiger partial charge in [-0.05, 0) is 12.0 Å². The van der Waals surface area contributed by atoms with E-state index in [2.05, 4.69) is 23.1 Å². The van der Waals surface area contributed by atoms with E-state index in [9.17, 15) is 4.79 Å². The van der Waals surface area contributed by atoms with Crippen molar-refractivity contribution in [3.05, 3.63) is 35.9 Å². The smallest absolute Gasteiger partial charge is 0.163 e. The normalized spacial score (nSPS) is 21.7. The summed E-state index contributed by atoms with van der Waals surface area (Å²) in [4.78, 5) is 13.7. The number of carbonyl (C=O) groups excluding carboxylic acids is 1. The van der Waals surface area contributed by atoms with Crippen LogP contribution >= 0.6 is 0 Å². The van der Waals surface area contributed by atoms with Crippen molar-refractivity contribution in [2.24, 2.45) is 5.92 Å². The van der Waals surface area contributed by atoms with Gasteiger partial charge in [-0.15, -0.1) is 0 Å². The molecule has 1 aromatic carbocycles. The highest BCUT2D eigenvalue weighted by Gasteiger charge is 2.26. The second-order valence-electron chi connectivity index (χ2n) is 4.13. The fourth-order valence-corrected chi connectivity index (χ4v) is 2.00. The molecule has 0 aromatic heterocycles. The summed E-state index contributed by atoms with van der Waals surface area (Å²) in [6, 6.07) is 12.2. The van der Waals surface area contributed by atoms with Crippen molar-refractivity contribution < 1.29 is 4.79 Å². The summed E-state index contributed by atoms with van der Waals surface area (Å²) >= 11 is 0. The molecule has 1 aromatic rings. The van der Waals surface area contributed by atoms with Crippen molar-refractivity contribution in [3.8, 4) is 6.07 Å². The van der Waals surface area contributed by atoms with Crippen LogP contribution in [-0.4, -0.2) is 23.8 Å². The highest BCUT2D eigenvalue weighted by Crippen LogP contribution is 2.15. The van der Waals surface area contributed by atoms with Crippen molar-refractivity contribution in [3.63, 3.8) is 0 Å². The molecule has 3 heteroatoms. The number of ketones is 1. The van der Waals surface area contributed by atoms with E-state index in [0.717, 1.165) is 13.1 Å². The van der Waals surface area contributed by atoms with Crippen molar-refractivity contribution in [2.75, 3.05) is 13.1 Å². The molecule has 1 aliphatic heterocycles. The van der Waals surface area contributed by atoms with Gasteiger partial charge in [0.2, 0.25) is 0 Å². The minimum absolute atomic E-state index is 0.0599. The molecule has 0 spiro atoms. The highest BCUT2D eigenvalue weighted by molar-refractivity contribution is 5.85. The first-order chi connectivity index (χ1) is 7.79. The lowest BCUT2D eigenvalue weighted by molar-refractivity contribution is -0.125. The molecule has 16 heavy (non-hydrogen) atoms. The highest BCUT2D eigenvalue weighted by atomic mass is 16.1. The van der Waals surface area contributed by atoms with E-state index < -0.39 is 0 Å². The molecule has 1 fully saturated rings. The first-order valence-electron chi connectivity index (χ1n) is 5.48. The van der Waals surface area contributed by atoms with E-state index in [1.165, 1.54) is 5.56 Å². The van der Waals surface area contributed by atoms with Crippen LogP contribution in [0, 0.1) is 17.2 Å². The molecule has 2 rings (SSSR count). The lowest BCUT2D eigenvalue weighted by Gasteiger charge is -2.27. The molecule has 3 nitrogen and oxygen atoms in total. The molecule has 0 radical (unpaired) electrons. The summed E-state index contributed by atoms with van der Waals surface area (Å²) in [5, 5.41) is 8.75. The molecule has 1 aliphatic rings. The molecule has 1 atom stereocenters. The molecule has 1 heterocycles. The number of rotatable bonds is 2. The van der Waals surface area contributed by atoms with Crippen LogP contribution in [0.3, 0.4) is 0 Å². The van der Waals surface area contributed by atoms with Crippen molar-refractivity contribution in [1.82, 2.24) is 4.90 Å². The maximum atomic E-state index is 11.6. The zero-order chi connectivity index (χ0) is 11.4. The molecule has 0 aliphatic carbocycles. The molecule has 0 unspecified atom stereocenters. The number of piperidine rings is 1. The Bertz CT molecular complexity index is 408. The van der Waals surface area contributed by atoms with Gasteiger partial charge in [0.05, 0.1) is 12.6 Å². The van der Waals surface area contributed by atoms with Crippen molar-refractivity contribution in [1.29, 1.82) is 5.26 Å². The van der Waals surface area contributed by atoms with E-state index in [0.29, 0.717) is 13.0 Å². The van der Waals surface area contributed by atoms with Crippen LogP contribution in [0.2, 0.25) is 0 Å². The van der Waals surface area contributed by atoms with Gasteiger partial charge < -0.3 is 0 Å². The Kier molecular flexibility index (Phi) is 3.33. The number of hydrogen-bond donors (Lipinski definition) is 0. The second-order valence-corrected chi connectivity index (χ2v) is 4.13. The number of nitrogens with zero attached hydrogens (tertiary/aromatic N) is 2. The topological polar surface area (TPSA) is 44.1 Å². The van der Waals surface area contributed by atoms with E-state index in [1.54, 1.807) is 0 Å². The fourth-order valence-electron chi connectivity index (χ4n) is 2.00. The SMILES string of the molecule is N#C[C@@H]1CCN(Cc2ccccc2)CC1=O. The van der Waals surface area contributed by atoms with Crippen LogP contribution in [0.4, 0.5) is 0 Å². The van der Waals surface area contributed by atoms with E-state index >= 15 is 0 Å². The monoisotopic (exact) mass is 214 g/mol. The third-order valence-electron chi connectivity index (χ3n) is 2.91. The van der Waals surface area contributed by atoms with Crippen LogP contribution < -0.4 is 0 Å². The van der Waals surface area contributed by atoms with Gasteiger partial charge in [-0.3, -0.25) is 9.69 Å². The third kappa shape index (κ3) is 2.47. The molecule has 82 valence electrons. The summed E-state index contributed by atoms with van der Waals surface area (Å²) in [5.41, 5.74) is 1.21. The van der Waals surface area contributed by atoms with Gasteiger partial charge in [0, 0.05) is 13.1 Å². The minimum Gasteiger partial charge on any atom is -0.297 e. The average Bonchev–Trinajstić information content (AvgIpc) is 2.31. The van der Waals surface area contributed by atoms with Gasteiger partial charge in [-0.1, -0.05) is 30.3 Å². The zero-order valence-corrected chi connectivity index (χ0v) is 9.10. The lowest BCUT2D eigenvalue weighted by atomic mass is 9.97. The molecule has 0 N–H and O–H groups in total. The Balaban J connectivity index is 1.94. The van der Waals surface area contributed by atoms with Crippen LogP contribution in [0.1, 0.15) is 12.0 Å². The number of benzene rings is 1. The number of likely N-dealkylation sites (tertiary alicyclic amines) is 1. The van der Waals surface area contributed by atoms with Gasteiger partial charge >= 0.3 is 0 Å². The first kappa shape index (κ1) is 10.8. The van der Waals surface area contributed by atoms with E-state index in [-0.39, 0.29) is 11.7 Å². The van der Waals surface area contributed by atoms with Gasteiger partial charge in [0.25, 0.3) is 0 Å². The third-order valence-corrected chi connectivity index (χ3v) is 2.91. The van der Waals surface area contributed by atoms with Gasteiger partial charge in [-0.25, -0.2) is 0 Å². The standard InChI is InChI=1S/C13H14N2O/c14-8-12-6-7-15(10-13(12)16)9-11-4-2-1-3-5-11/h1-5,12H,6-7,9-10H2/t12-/m0/s1. The lowest BCUT2D eigenvalue weighted by Crippen LogP contribution is -2.39. The quantitative estimate of drug-likeness (QED) is 0.751. The molecule has 0 bridgehead atoms. The number of nitriles is 1. The summed E-state index contributed by atoms with van der Waals surface area (Å²) in [7, 11) is 0. The molecular formula is C13H14N2O. The van der Waals surface area contributed by atoms with Gasteiger partial charge in [0.15, 0.2) is 5.78 Å². The van der Waals surface area contributed by atoms with Crippen LogP contribution in [-0.2, 0) is 11.3 Å². The number of Topliss-reactive ketones (excluding diaryl/α,β-unsaturated/α-hetero) is 1. The molecule has 1 saturated heterocycles. The summed E-state index contributed by atoms with van der Waals surface area (Å²) in [6.07, 6.45) is 0.669. The van der Waals surface area contributed by atoms with Crippen LogP contribution in [0.5, 0.6) is 0 Å². The van der Waals surface area contributed by atoms with E-state index in [1.807, 2.05) is 18.2 Å². The maximum absolute atomic E-state index is 11.6. The fraction of sp³-hybridized carbons (Fsp3) is 0.385. The summed E-state index contributed by atoms with van der Waals surface area (Å²) in [5.74, 6) is -0.322. The Morgan fingerprint density at radius 2 is 2.12 bits per heavy atom. The Labute approximate surface area is 95.3 Å². The van der Waals surface area contributed by atoms with E-state index in [4.69, 9.17) is 5.26 Å². The molecular weight excluding hydrogens is 200 g/mol. The van der Waals surface area contributed by atoms with Crippen LogP contribution in [0.15, 0.2) is 30.3 Å². The van der Waals surface area contributed by atoms with Crippen LogP contribution in [0.25, 0.3) is 0 Å². The molecule has 0 saturated carbocycles. The van der Waals surface area contributed by atoms with Gasteiger partial charge in [-0.2, -0.15) is 5.26 Å². The number of carbonyl (C=O) groups is 1. The predicted molar refractivity (Wildman–Crippen MR) is 60.4 cm³/mol. The average molecular weight is 214 g/mol. The first-order valence-corrected chi connectivity index (χ1v) is 5.48. The Morgan fingerprint density at radius 1 is 1.38 bits per heavy atom. The summed E-state index contributed by atoms with van der Waals surface area (Å²) in [6.45, 7) is 2.04. The van der Waals surface area contributed by atoms with Gasteiger partial charge in [0.1, 0.15) is 5.92 Å². The summed E-state index contributed by atoms with van der Waals surface area (Å²) < 4.78 is 0. The minimum atomic E-state index is -0.382. The maximum Gasteiger partial charge on any atom is 0.163 e. The number of hydrogen-bond acceptors (Lipinski definition) is 3. The Hall–Kier alpha value is -1.66. The largest absolute Gasteiger partial charge is 0.297 e. The predicted octanol–water partition coefficient (Wildman–Crippen LogP) is 1.60. The van der Waals surface area contributed by atoms with Crippen molar-refractivity contribution in [2.45, 2.75) is 13.0 Å². The van der Waals surface area contributed by atoms with Crippen molar-refractivity contribution >= 4 is 5.78 Å². The second kappa shape index (κ2) is 4.91.